The largest absolute Gasteiger partial charge is 0.497 e. The average Bonchev–Trinajstić information content (AvgIpc) is 2.48. The van der Waals surface area contributed by atoms with Crippen LogP contribution in [0.25, 0.3) is 0 Å². The second kappa shape index (κ2) is 6.49. The third kappa shape index (κ3) is 3.77. The van der Waals surface area contributed by atoms with Crippen LogP contribution < -0.4 is 10.1 Å². The van der Waals surface area contributed by atoms with Gasteiger partial charge >= 0.3 is 0 Å². The van der Waals surface area contributed by atoms with E-state index in [0.29, 0.717) is 24.3 Å². The molecule has 0 fully saturated rings. The van der Waals surface area contributed by atoms with E-state index in [1.807, 2.05) is 0 Å². The summed E-state index contributed by atoms with van der Waals surface area (Å²) < 4.78 is 5.08. The van der Waals surface area contributed by atoms with E-state index in [9.17, 15) is 4.79 Å². The highest BCUT2D eigenvalue weighted by Gasteiger charge is 2.05. The molecule has 19 heavy (non-hydrogen) atoms. The smallest absolute Gasteiger partial charge is 0.251 e. The minimum absolute atomic E-state index is 0.115. The fourth-order valence-corrected chi connectivity index (χ4v) is 1.65. The lowest BCUT2D eigenvalue weighted by Crippen LogP contribution is -2.25. The second-order valence-corrected chi connectivity index (χ2v) is 3.98. The molecular formula is C14H15N3O2. The number of benzene rings is 1. The molecule has 0 saturated carbocycles. The Kier molecular flexibility index (Phi) is 4.44. The lowest BCUT2D eigenvalue weighted by Gasteiger charge is -2.06. The fourth-order valence-electron chi connectivity index (χ4n) is 1.65. The van der Waals surface area contributed by atoms with Gasteiger partial charge < -0.3 is 10.1 Å². The molecule has 0 aliphatic heterocycles. The predicted octanol–water partition coefficient (Wildman–Crippen LogP) is 1.46. The predicted molar refractivity (Wildman–Crippen MR) is 71.1 cm³/mol. The SMILES string of the molecule is COc1cccc(C(=O)NCCc2cncnc2)c1. The molecule has 0 atom stereocenters. The van der Waals surface area contributed by atoms with Crippen LogP contribution in [0.5, 0.6) is 5.75 Å². The molecule has 1 amide bonds. The topological polar surface area (TPSA) is 64.1 Å². The molecule has 5 heteroatoms. The molecule has 5 nitrogen and oxygen atoms in total. The van der Waals surface area contributed by atoms with Crippen molar-refractivity contribution >= 4 is 5.91 Å². The van der Waals surface area contributed by atoms with Gasteiger partial charge in [0.05, 0.1) is 7.11 Å². The van der Waals surface area contributed by atoms with E-state index in [1.165, 1.54) is 6.33 Å². The van der Waals surface area contributed by atoms with Crippen molar-refractivity contribution in [3.05, 3.63) is 54.1 Å². The van der Waals surface area contributed by atoms with Gasteiger partial charge in [-0.1, -0.05) is 6.07 Å². The number of ether oxygens (including phenoxy) is 1. The Bertz CT molecular complexity index is 543. The first kappa shape index (κ1) is 13.0. The molecule has 98 valence electrons. The molecule has 2 aromatic rings. The van der Waals surface area contributed by atoms with Crippen molar-refractivity contribution in [1.82, 2.24) is 15.3 Å². The van der Waals surface area contributed by atoms with Crippen LogP contribution in [0.4, 0.5) is 0 Å². The minimum atomic E-state index is -0.115. The summed E-state index contributed by atoms with van der Waals surface area (Å²) in [6.45, 7) is 0.545. The molecule has 0 saturated heterocycles. The zero-order valence-electron chi connectivity index (χ0n) is 10.7. The molecule has 1 heterocycles. The van der Waals surface area contributed by atoms with Crippen molar-refractivity contribution in [3.8, 4) is 5.75 Å². The van der Waals surface area contributed by atoms with Crippen molar-refractivity contribution in [2.45, 2.75) is 6.42 Å². The summed E-state index contributed by atoms with van der Waals surface area (Å²) in [4.78, 5) is 19.8. The van der Waals surface area contributed by atoms with Gasteiger partial charge in [-0.25, -0.2) is 9.97 Å². The number of aromatic nitrogens is 2. The Hall–Kier alpha value is -2.43. The molecule has 0 bridgehead atoms. The number of rotatable bonds is 5. The maximum absolute atomic E-state index is 11.9. The molecule has 1 aromatic carbocycles. The molecule has 0 spiro atoms. The van der Waals surface area contributed by atoms with Crippen LogP contribution >= 0.6 is 0 Å². The van der Waals surface area contributed by atoms with Gasteiger partial charge in [-0.2, -0.15) is 0 Å². The van der Waals surface area contributed by atoms with E-state index in [0.717, 1.165) is 5.56 Å². The second-order valence-electron chi connectivity index (χ2n) is 3.98. The number of amides is 1. The highest BCUT2D eigenvalue weighted by atomic mass is 16.5. The lowest BCUT2D eigenvalue weighted by molar-refractivity contribution is 0.0954. The molecule has 0 unspecified atom stereocenters. The summed E-state index contributed by atoms with van der Waals surface area (Å²) in [5, 5.41) is 2.85. The Morgan fingerprint density at radius 1 is 1.32 bits per heavy atom. The van der Waals surface area contributed by atoms with Crippen LogP contribution in [0, 0.1) is 0 Å². The summed E-state index contributed by atoms with van der Waals surface area (Å²) in [6.07, 6.45) is 5.67. The highest BCUT2D eigenvalue weighted by molar-refractivity contribution is 5.94. The summed E-state index contributed by atoms with van der Waals surface area (Å²) in [5.74, 6) is 0.555. The number of carbonyl (C=O) groups is 1. The average molecular weight is 257 g/mol. The minimum Gasteiger partial charge on any atom is -0.497 e. The maximum atomic E-state index is 11.9. The third-order valence-electron chi connectivity index (χ3n) is 2.65. The van der Waals surface area contributed by atoms with Gasteiger partial charge in [0.25, 0.3) is 5.91 Å². The van der Waals surface area contributed by atoms with Gasteiger partial charge in [0, 0.05) is 24.5 Å². The Labute approximate surface area is 111 Å². The summed E-state index contributed by atoms with van der Waals surface area (Å²) in [5.41, 5.74) is 1.58. The Morgan fingerprint density at radius 2 is 2.11 bits per heavy atom. The summed E-state index contributed by atoms with van der Waals surface area (Å²) in [7, 11) is 1.58. The molecule has 0 aliphatic rings. The molecule has 2 rings (SSSR count). The molecule has 1 aromatic heterocycles. The number of nitrogens with one attached hydrogen (secondary N) is 1. The van der Waals surface area contributed by atoms with E-state index in [-0.39, 0.29) is 5.91 Å². The van der Waals surface area contributed by atoms with Gasteiger partial charge in [-0.05, 0) is 30.2 Å². The maximum Gasteiger partial charge on any atom is 0.251 e. The van der Waals surface area contributed by atoms with Crippen molar-refractivity contribution in [3.63, 3.8) is 0 Å². The van der Waals surface area contributed by atoms with E-state index in [1.54, 1.807) is 43.8 Å². The van der Waals surface area contributed by atoms with Crippen LogP contribution in [0.3, 0.4) is 0 Å². The van der Waals surface area contributed by atoms with Crippen molar-refractivity contribution in [2.75, 3.05) is 13.7 Å². The van der Waals surface area contributed by atoms with Crippen LogP contribution in [-0.2, 0) is 6.42 Å². The first-order chi connectivity index (χ1) is 9.29. The van der Waals surface area contributed by atoms with Gasteiger partial charge in [-0.15, -0.1) is 0 Å². The van der Waals surface area contributed by atoms with Crippen molar-refractivity contribution < 1.29 is 9.53 Å². The van der Waals surface area contributed by atoms with E-state index >= 15 is 0 Å². The fraction of sp³-hybridized carbons (Fsp3) is 0.214. The first-order valence-electron chi connectivity index (χ1n) is 5.96. The van der Waals surface area contributed by atoms with Crippen molar-refractivity contribution in [1.29, 1.82) is 0 Å². The monoisotopic (exact) mass is 257 g/mol. The number of carbonyl (C=O) groups excluding carboxylic acids is 1. The van der Waals surface area contributed by atoms with Crippen LogP contribution in [-0.4, -0.2) is 29.5 Å². The van der Waals surface area contributed by atoms with Gasteiger partial charge in [0.2, 0.25) is 0 Å². The molecule has 0 aliphatic carbocycles. The Balaban J connectivity index is 1.87. The van der Waals surface area contributed by atoms with Crippen LogP contribution in [0.15, 0.2) is 43.0 Å². The standard InChI is InChI=1S/C14H15N3O2/c1-19-13-4-2-3-12(7-13)14(18)17-6-5-11-8-15-10-16-9-11/h2-4,7-10H,5-6H2,1H3,(H,17,18). The Morgan fingerprint density at radius 3 is 2.84 bits per heavy atom. The number of methoxy groups -OCH3 is 1. The van der Waals surface area contributed by atoms with Crippen LogP contribution in [0.1, 0.15) is 15.9 Å². The molecular weight excluding hydrogens is 242 g/mol. The molecule has 0 radical (unpaired) electrons. The zero-order chi connectivity index (χ0) is 13.5. The zero-order valence-corrected chi connectivity index (χ0v) is 10.7. The van der Waals surface area contributed by atoms with Crippen LogP contribution in [0.2, 0.25) is 0 Å². The van der Waals surface area contributed by atoms with Gasteiger partial charge in [0.15, 0.2) is 0 Å². The quantitative estimate of drug-likeness (QED) is 0.880. The lowest BCUT2D eigenvalue weighted by atomic mass is 10.2. The summed E-state index contributed by atoms with van der Waals surface area (Å²) >= 11 is 0. The first-order valence-corrected chi connectivity index (χ1v) is 5.96. The number of nitrogens with zero attached hydrogens (tertiary/aromatic N) is 2. The number of hydrogen-bond donors (Lipinski definition) is 1. The van der Waals surface area contributed by atoms with E-state index in [2.05, 4.69) is 15.3 Å². The molecule has 1 N–H and O–H groups in total. The van der Waals surface area contributed by atoms with E-state index in [4.69, 9.17) is 4.74 Å². The van der Waals surface area contributed by atoms with Gasteiger partial charge in [-0.3, -0.25) is 4.79 Å². The summed E-state index contributed by atoms with van der Waals surface area (Å²) in [6, 6.07) is 7.06. The van der Waals surface area contributed by atoms with E-state index < -0.39 is 0 Å². The third-order valence-corrected chi connectivity index (χ3v) is 2.65. The van der Waals surface area contributed by atoms with Gasteiger partial charge in [0.1, 0.15) is 12.1 Å². The number of hydrogen-bond acceptors (Lipinski definition) is 4. The van der Waals surface area contributed by atoms with Crippen molar-refractivity contribution in [2.24, 2.45) is 0 Å². The normalized spacial score (nSPS) is 9.95. The highest BCUT2D eigenvalue weighted by Crippen LogP contribution is 2.12.